The molecular weight excluding hydrogens is 368 g/mol. The largest absolute Gasteiger partial charge is 0.478 e. The van der Waals surface area contributed by atoms with E-state index in [1.807, 2.05) is 0 Å². The molecule has 28 heavy (non-hydrogen) atoms. The summed E-state index contributed by atoms with van der Waals surface area (Å²) in [6.45, 7) is 0. The quantitative estimate of drug-likeness (QED) is 0.395. The van der Waals surface area contributed by atoms with Gasteiger partial charge < -0.3 is 20.4 Å². The Morgan fingerprint density at radius 2 is 0.786 bits per heavy atom. The maximum atomic E-state index is 11.8. The Kier molecular flexibility index (Phi) is 3.47. The van der Waals surface area contributed by atoms with Gasteiger partial charge in [0.15, 0.2) is 0 Å². The van der Waals surface area contributed by atoms with Crippen LogP contribution < -0.4 is 0 Å². The molecule has 4 N–H and O–H groups in total. The van der Waals surface area contributed by atoms with Crippen LogP contribution in [0.1, 0.15) is 41.4 Å². The molecule has 138 valence electrons. The molecule has 8 nitrogen and oxygen atoms in total. The van der Waals surface area contributed by atoms with Crippen molar-refractivity contribution in [2.24, 2.45) is 0 Å². The van der Waals surface area contributed by atoms with E-state index in [0.717, 1.165) is 0 Å². The fraction of sp³-hybridized carbons (Fsp3) is 0. The Morgan fingerprint density at radius 3 is 1.07 bits per heavy atom. The van der Waals surface area contributed by atoms with Crippen molar-refractivity contribution in [1.82, 2.24) is 0 Å². The number of rotatable bonds is 4. The van der Waals surface area contributed by atoms with Gasteiger partial charge in [0.2, 0.25) is 0 Å². The first-order valence-electron chi connectivity index (χ1n) is 7.94. The molecule has 4 rings (SSSR count). The number of hydrogen-bond acceptors (Lipinski definition) is 4. The van der Waals surface area contributed by atoms with Crippen molar-refractivity contribution in [2.75, 3.05) is 0 Å². The summed E-state index contributed by atoms with van der Waals surface area (Å²) in [5.74, 6) is -5.40. The predicted octanol–water partition coefficient (Wildman–Crippen LogP) is 3.38. The minimum absolute atomic E-state index is 0.0746. The SMILES string of the molecule is O=C(O)c1ccc2cc(C(=O)O)c3c(C(=O)O)ccc4cc(C(=O)O)c1c2c43. The van der Waals surface area contributed by atoms with E-state index in [-0.39, 0.29) is 43.8 Å². The maximum absolute atomic E-state index is 11.8. The van der Waals surface area contributed by atoms with E-state index in [9.17, 15) is 39.6 Å². The van der Waals surface area contributed by atoms with Crippen molar-refractivity contribution in [3.05, 3.63) is 58.7 Å². The van der Waals surface area contributed by atoms with Crippen LogP contribution in [-0.2, 0) is 0 Å². The third-order valence-corrected chi connectivity index (χ3v) is 4.79. The number of carboxylic acids is 4. The molecule has 0 fully saturated rings. The van der Waals surface area contributed by atoms with Crippen LogP contribution in [0.4, 0.5) is 0 Å². The highest BCUT2D eigenvalue weighted by Gasteiger charge is 2.26. The molecule has 0 saturated carbocycles. The molecule has 4 aromatic rings. The fourth-order valence-electron chi connectivity index (χ4n) is 3.73. The van der Waals surface area contributed by atoms with Crippen molar-refractivity contribution < 1.29 is 39.6 Å². The van der Waals surface area contributed by atoms with E-state index in [1.165, 1.54) is 36.4 Å². The lowest BCUT2D eigenvalue weighted by Crippen LogP contribution is -2.09. The molecule has 8 heteroatoms. The van der Waals surface area contributed by atoms with E-state index < -0.39 is 23.9 Å². The monoisotopic (exact) mass is 378 g/mol. The van der Waals surface area contributed by atoms with Crippen LogP contribution >= 0.6 is 0 Å². The van der Waals surface area contributed by atoms with Gasteiger partial charge >= 0.3 is 23.9 Å². The lowest BCUT2D eigenvalue weighted by molar-refractivity contribution is 0.0680. The number of carbonyl (C=O) groups is 4. The van der Waals surface area contributed by atoms with E-state index in [4.69, 9.17) is 0 Å². The molecule has 0 aromatic heterocycles. The van der Waals surface area contributed by atoms with Gasteiger partial charge in [-0.05, 0) is 45.8 Å². The van der Waals surface area contributed by atoms with E-state index in [1.54, 1.807) is 0 Å². The Morgan fingerprint density at radius 1 is 0.464 bits per heavy atom. The number of aromatic carboxylic acids is 4. The second kappa shape index (κ2) is 5.65. The molecule has 0 heterocycles. The molecule has 0 aliphatic rings. The predicted molar refractivity (Wildman–Crippen MR) is 98.0 cm³/mol. The third-order valence-electron chi connectivity index (χ3n) is 4.79. The highest BCUT2D eigenvalue weighted by atomic mass is 16.4. The van der Waals surface area contributed by atoms with Crippen molar-refractivity contribution in [2.45, 2.75) is 0 Å². The standard InChI is InChI=1S/C20H10O8/c21-17(22)9-3-1-7-5-11(19(25)26)16-10(18(23)24)4-2-8-6-12(20(27)28)15(9)13(7)14(8)16/h1-6H,(H,21,22)(H,23,24)(H,25,26)(H,27,28). The average molecular weight is 378 g/mol. The maximum Gasteiger partial charge on any atom is 0.336 e. The summed E-state index contributed by atoms with van der Waals surface area (Å²) in [5.41, 5.74) is -1.06. The fourth-order valence-corrected chi connectivity index (χ4v) is 3.73. The minimum Gasteiger partial charge on any atom is -0.478 e. The first kappa shape index (κ1) is 17.2. The summed E-state index contributed by atoms with van der Waals surface area (Å²) in [6, 6.07) is 7.65. The highest BCUT2D eigenvalue weighted by molar-refractivity contribution is 6.34. The van der Waals surface area contributed by atoms with Crippen LogP contribution in [0.15, 0.2) is 36.4 Å². The van der Waals surface area contributed by atoms with Gasteiger partial charge in [-0.15, -0.1) is 0 Å². The average Bonchev–Trinajstić information content (AvgIpc) is 2.63. The number of benzene rings is 4. The van der Waals surface area contributed by atoms with Crippen LogP contribution in [0.2, 0.25) is 0 Å². The van der Waals surface area contributed by atoms with Crippen molar-refractivity contribution in [3.8, 4) is 0 Å². The summed E-state index contributed by atoms with van der Waals surface area (Å²) in [7, 11) is 0. The van der Waals surface area contributed by atoms with Gasteiger partial charge in [-0.3, -0.25) is 0 Å². The highest BCUT2D eigenvalue weighted by Crippen LogP contribution is 2.41. The van der Waals surface area contributed by atoms with Gasteiger partial charge in [-0.25, -0.2) is 19.2 Å². The Hall–Kier alpha value is -4.20. The van der Waals surface area contributed by atoms with Gasteiger partial charge in [-0.2, -0.15) is 0 Å². The Labute approximate surface area is 155 Å². The van der Waals surface area contributed by atoms with Crippen LogP contribution in [-0.4, -0.2) is 44.3 Å². The van der Waals surface area contributed by atoms with Crippen molar-refractivity contribution in [1.29, 1.82) is 0 Å². The lowest BCUT2D eigenvalue weighted by atomic mass is 9.85. The zero-order valence-corrected chi connectivity index (χ0v) is 13.9. The third kappa shape index (κ3) is 2.18. The Balaban J connectivity index is 2.44. The molecule has 0 unspecified atom stereocenters. The van der Waals surface area contributed by atoms with Gasteiger partial charge in [-0.1, -0.05) is 12.1 Å². The van der Waals surface area contributed by atoms with Gasteiger partial charge in [0.1, 0.15) is 0 Å². The molecular formula is C20H10O8. The number of hydrogen-bond donors (Lipinski definition) is 4. The summed E-state index contributed by atoms with van der Waals surface area (Å²) in [5, 5.41) is 39.2. The van der Waals surface area contributed by atoms with Gasteiger partial charge in [0.05, 0.1) is 22.3 Å². The molecule has 4 aromatic carbocycles. The molecule has 0 radical (unpaired) electrons. The second-order valence-electron chi connectivity index (χ2n) is 6.24. The Bertz CT molecular complexity index is 1260. The summed E-state index contributed by atoms with van der Waals surface area (Å²) < 4.78 is 0. The topological polar surface area (TPSA) is 149 Å². The van der Waals surface area contributed by atoms with E-state index in [0.29, 0.717) is 10.8 Å². The molecule has 0 bridgehead atoms. The summed E-state index contributed by atoms with van der Waals surface area (Å²) >= 11 is 0. The normalized spacial score (nSPS) is 11.3. The van der Waals surface area contributed by atoms with E-state index in [2.05, 4.69) is 0 Å². The second-order valence-corrected chi connectivity index (χ2v) is 6.24. The van der Waals surface area contributed by atoms with E-state index >= 15 is 0 Å². The molecule has 0 spiro atoms. The minimum atomic E-state index is -1.35. The van der Waals surface area contributed by atoms with Gasteiger partial charge in [0.25, 0.3) is 0 Å². The molecule has 0 aliphatic carbocycles. The van der Waals surface area contributed by atoms with Gasteiger partial charge in [0, 0.05) is 10.8 Å². The summed E-state index contributed by atoms with van der Waals surface area (Å²) in [4.78, 5) is 47.0. The number of carboxylic acid groups (broad SMARTS) is 4. The van der Waals surface area contributed by atoms with Crippen molar-refractivity contribution >= 4 is 56.2 Å². The van der Waals surface area contributed by atoms with Crippen LogP contribution in [0.5, 0.6) is 0 Å². The van der Waals surface area contributed by atoms with Crippen molar-refractivity contribution in [3.63, 3.8) is 0 Å². The first-order valence-corrected chi connectivity index (χ1v) is 7.94. The molecule has 0 atom stereocenters. The van der Waals surface area contributed by atoms with Crippen LogP contribution in [0, 0.1) is 0 Å². The smallest absolute Gasteiger partial charge is 0.336 e. The first-order chi connectivity index (χ1) is 13.2. The zero-order chi connectivity index (χ0) is 20.3. The van der Waals surface area contributed by atoms with Crippen LogP contribution in [0.25, 0.3) is 32.3 Å². The summed E-state index contributed by atoms with van der Waals surface area (Å²) in [6.07, 6.45) is 0. The lowest BCUT2D eigenvalue weighted by Gasteiger charge is -2.17. The molecule has 0 saturated heterocycles. The zero-order valence-electron chi connectivity index (χ0n) is 13.9. The van der Waals surface area contributed by atoms with Crippen LogP contribution in [0.3, 0.4) is 0 Å². The molecule has 0 aliphatic heterocycles. The molecule has 0 amide bonds.